The van der Waals surface area contributed by atoms with E-state index in [1.54, 1.807) is 19.2 Å². The lowest BCUT2D eigenvalue weighted by Gasteiger charge is -2.05. The van der Waals surface area contributed by atoms with Gasteiger partial charge < -0.3 is 5.11 Å². The summed E-state index contributed by atoms with van der Waals surface area (Å²) in [7, 11) is -1.89. The highest BCUT2D eigenvalue weighted by Gasteiger charge is 2.14. The standard InChI is InChI=1S/C11H14N4O3S/c1-15-8-12-11(14-15)6-13-19(17,18)10-4-2-9(7-16)3-5-10/h2-5,8,13,16H,6-7H2,1H3. The van der Waals surface area contributed by atoms with Gasteiger partial charge in [-0.15, -0.1) is 0 Å². The Bertz CT molecular complexity index is 649. The second-order valence-electron chi connectivity index (χ2n) is 3.96. The van der Waals surface area contributed by atoms with Gasteiger partial charge in [0, 0.05) is 7.05 Å². The van der Waals surface area contributed by atoms with Crippen molar-refractivity contribution in [3.05, 3.63) is 42.0 Å². The number of benzene rings is 1. The third-order valence-electron chi connectivity index (χ3n) is 2.48. The Morgan fingerprint density at radius 2 is 2.00 bits per heavy atom. The van der Waals surface area contributed by atoms with Gasteiger partial charge in [0.25, 0.3) is 0 Å². The Hall–Kier alpha value is -1.77. The first-order chi connectivity index (χ1) is 9.01. The summed E-state index contributed by atoms with van der Waals surface area (Å²) >= 11 is 0. The smallest absolute Gasteiger partial charge is 0.240 e. The van der Waals surface area contributed by atoms with Crippen molar-refractivity contribution in [1.82, 2.24) is 19.5 Å². The molecule has 0 saturated heterocycles. The quantitative estimate of drug-likeness (QED) is 0.790. The summed E-state index contributed by atoms with van der Waals surface area (Å²) in [4.78, 5) is 4.07. The Morgan fingerprint density at radius 1 is 1.32 bits per heavy atom. The van der Waals surface area contributed by atoms with Crippen molar-refractivity contribution in [1.29, 1.82) is 0 Å². The molecule has 8 heteroatoms. The topological polar surface area (TPSA) is 97.1 Å². The fraction of sp³-hybridized carbons (Fsp3) is 0.273. The van der Waals surface area contributed by atoms with E-state index in [0.717, 1.165) is 0 Å². The fourth-order valence-corrected chi connectivity index (χ4v) is 2.46. The molecule has 0 saturated carbocycles. The minimum atomic E-state index is -3.60. The number of nitrogens with zero attached hydrogens (tertiary/aromatic N) is 3. The van der Waals surface area contributed by atoms with Crippen LogP contribution in [-0.2, 0) is 30.2 Å². The molecule has 2 rings (SSSR count). The molecule has 0 aliphatic carbocycles. The summed E-state index contributed by atoms with van der Waals surface area (Å²) in [6.45, 7) is -0.0868. The Labute approximate surface area is 111 Å². The van der Waals surface area contributed by atoms with Crippen LogP contribution in [0, 0.1) is 0 Å². The molecule has 0 aliphatic rings. The number of aliphatic hydroxyl groups is 1. The molecule has 7 nitrogen and oxygen atoms in total. The van der Waals surface area contributed by atoms with Gasteiger partial charge in [-0.1, -0.05) is 12.1 Å². The molecule has 1 heterocycles. The van der Waals surface area contributed by atoms with Crippen molar-refractivity contribution < 1.29 is 13.5 Å². The molecule has 0 radical (unpaired) electrons. The summed E-state index contributed by atoms with van der Waals surface area (Å²) < 4.78 is 27.9. The van der Waals surface area contributed by atoms with Gasteiger partial charge in [-0.05, 0) is 17.7 Å². The molecule has 0 amide bonds. The van der Waals surface area contributed by atoms with Crippen LogP contribution in [0.4, 0.5) is 0 Å². The third-order valence-corrected chi connectivity index (χ3v) is 3.90. The van der Waals surface area contributed by atoms with Crippen LogP contribution in [0.25, 0.3) is 0 Å². The molecule has 1 aromatic carbocycles. The van der Waals surface area contributed by atoms with Crippen LogP contribution < -0.4 is 4.72 Å². The second-order valence-corrected chi connectivity index (χ2v) is 5.73. The van der Waals surface area contributed by atoms with E-state index >= 15 is 0 Å². The van der Waals surface area contributed by atoms with Crippen molar-refractivity contribution in [2.24, 2.45) is 7.05 Å². The van der Waals surface area contributed by atoms with E-state index in [-0.39, 0.29) is 18.0 Å². The van der Waals surface area contributed by atoms with Crippen molar-refractivity contribution >= 4 is 10.0 Å². The van der Waals surface area contributed by atoms with Gasteiger partial charge in [0.05, 0.1) is 18.0 Å². The number of hydrogen-bond donors (Lipinski definition) is 2. The predicted molar refractivity (Wildman–Crippen MR) is 67.4 cm³/mol. The van der Waals surface area contributed by atoms with Crippen LogP contribution >= 0.6 is 0 Å². The zero-order chi connectivity index (χ0) is 13.9. The van der Waals surface area contributed by atoms with E-state index in [2.05, 4.69) is 14.8 Å². The first-order valence-corrected chi connectivity index (χ1v) is 7.03. The average Bonchev–Trinajstić information content (AvgIpc) is 2.82. The Kier molecular flexibility index (Phi) is 3.93. The summed E-state index contributed by atoms with van der Waals surface area (Å²) in [5.41, 5.74) is 0.658. The minimum absolute atomic E-state index is 0.0327. The largest absolute Gasteiger partial charge is 0.392 e. The number of aryl methyl sites for hydroxylation is 1. The van der Waals surface area contributed by atoms with Crippen LogP contribution in [-0.4, -0.2) is 28.3 Å². The highest BCUT2D eigenvalue weighted by atomic mass is 32.2. The summed E-state index contributed by atoms with van der Waals surface area (Å²) in [6, 6.07) is 6.01. The maximum Gasteiger partial charge on any atom is 0.240 e. The van der Waals surface area contributed by atoms with Crippen molar-refractivity contribution in [3.8, 4) is 0 Å². The van der Waals surface area contributed by atoms with E-state index in [9.17, 15) is 8.42 Å². The van der Waals surface area contributed by atoms with Crippen molar-refractivity contribution in [3.63, 3.8) is 0 Å². The SMILES string of the molecule is Cn1cnc(CNS(=O)(=O)c2ccc(CO)cc2)n1. The molecule has 0 unspecified atom stereocenters. The first kappa shape index (κ1) is 13.7. The van der Waals surface area contributed by atoms with E-state index in [1.165, 1.54) is 23.1 Å². The van der Waals surface area contributed by atoms with E-state index in [1.807, 2.05) is 0 Å². The molecule has 0 bridgehead atoms. The van der Waals surface area contributed by atoms with E-state index < -0.39 is 10.0 Å². The van der Waals surface area contributed by atoms with Crippen LogP contribution in [0.15, 0.2) is 35.5 Å². The zero-order valence-electron chi connectivity index (χ0n) is 10.3. The lowest BCUT2D eigenvalue weighted by atomic mass is 10.2. The van der Waals surface area contributed by atoms with Gasteiger partial charge in [0.1, 0.15) is 6.33 Å². The number of aromatic nitrogens is 3. The second kappa shape index (κ2) is 5.47. The van der Waals surface area contributed by atoms with Crippen molar-refractivity contribution in [2.45, 2.75) is 18.0 Å². The Morgan fingerprint density at radius 3 is 2.53 bits per heavy atom. The maximum absolute atomic E-state index is 12.0. The molecular formula is C11H14N4O3S. The molecule has 19 heavy (non-hydrogen) atoms. The first-order valence-electron chi connectivity index (χ1n) is 5.55. The highest BCUT2D eigenvalue weighted by Crippen LogP contribution is 2.10. The van der Waals surface area contributed by atoms with E-state index in [0.29, 0.717) is 11.4 Å². The number of hydrogen-bond acceptors (Lipinski definition) is 5. The van der Waals surface area contributed by atoms with Gasteiger partial charge in [-0.25, -0.2) is 18.1 Å². The summed E-state index contributed by atoms with van der Waals surface area (Å²) in [6.07, 6.45) is 1.50. The molecule has 2 N–H and O–H groups in total. The van der Waals surface area contributed by atoms with Crippen molar-refractivity contribution in [2.75, 3.05) is 0 Å². The number of aliphatic hydroxyl groups excluding tert-OH is 1. The van der Waals surface area contributed by atoms with Crippen LogP contribution in [0.1, 0.15) is 11.4 Å². The number of nitrogens with one attached hydrogen (secondary N) is 1. The molecule has 1 aromatic heterocycles. The molecule has 0 aliphatic heterocycles. The minimum Gasteiger partial charge on any atom is -0.392 e. The Balaban J connectivity index is 2.09. The van der Waals surface area contributed by atoms with Crippen LogP contribution in [0.3, 0.4) is 0 Å². The molecule has 102 valence electrons. The van der Waals surface area contributed by atoms with Gasteiger partial charge in [0.2, 0.25) is 10.0 Å². The van der Waals surface area contributed by atoms with Gasteiger partial charge in [-0.2, -0.15) is 5.10 Å². The maximum atomic E-state index is 12.0. The van der Waals surface area contributed by atoms with Gasteiger partial charge in [0.15, 0.2) is 5.82 Å². The summed E-state index contributed by atoms with van der Waals surface area (Å²) in [5.74, 6) is 0.401. The highest BCUT2D eigenvalue weighted by molar-refractivity contribution is 7.89. The number of rotatable bonds is 5. The molecule has 0 atom stereocenters. The summed E-state index contributed by atoms with van der Waals surface area (Å²) in [5, 5.41) is 12.9. The van der Waals surface area contributed by atoms with Gasteiger partial charge in [-0.3, -0.25) is 4.68 Å². The predicted octanol–water partition coefficient (Wildman–Crippen LogP) is -0.214. The third kappa shape index (κ3) is 3.37. The van der Waals surface area contributed by atoms with Crippen LogP contribution in [0.2, 0.25) is 0 Å². The monoisotopic (exact) mass is 282 g/mol. The van der Waals surface area contributed by atoms with E-state index in [4.69, 9.17) is 5.11 Å². The number of sulfonamides is 1. The van der Waals surface area contributed by atoms with Crippen LogP contribution in [0.5, 0.6) is 0 Å². The average molecular weight is 282 g/mol. The zero-order valence-corrected chi connectivity index (χ0v) is 11.1. The molecule has 2 aromatic rings. The molecule has 0 fully saturated rings. The lowest BCUT2D eigenvalue weighted by molar-refractivity contribution is 0.282. The normalized spacial score (nSPS) is 11.7. The lowest BCUT2D eigenvalue weighted by Crippen LogP contribution is -2.24. The molecule has 0 spiro atoms. The molecular weight excluding hydrogens is 268 g/mol. The fourth-order valence-electron chi connectivity index (χ4n) is 1.48. The van der Waals surface area contributed by atoms with Gasteiger partial charge >= 0.3 is 0 Å².